The third-order valence-electron chi connectivity index (χ3n) is 4.82. The van der Waals surface area contributed by atoms with Crippen LogP contribution in [0.1, 0.15) is 45.6 Å². The van der Waals surface area contributed by atoms with Crippen LogP contribution in [0, 0.1) is 12.7 Å². The molecule has 17 heteroatoms. The quantitative estimate of drug-likeness (QED) is 0.235. The van der Waals surface area contributed by atoms with Crippen LogP contribution >= 0.6 is 34.8 Å². The number of aromatic nitrogens is 6. The molecular weight excluding hydrogens is 600 g/mol. The Labute approximate surface area is 243 Å². The van der Waals surface area contributed by atoms with Crippen LogP contribution < -0.4 is 16.3 Å². The van der Waals surface area contributed by atoms with E-state index in [0.717, 1.165) is 18.7 Å². The molecule has 220 valence electrons. The SMILES string of the molecule is CCNc1nc(Cl)nc(NC(C)C)n1.CCOC(=O)C(Cl)Cc1cc(-n2nc(C)n(C(F)F)c2=O)c(F)cc1Cl. The van der Waals surface area contributed by atoms with Gasteiger partial charge in [0.15, 0.2) is 5.82 Å². The number of alkyl halides is 3. The summed E-state index contributed by atoms with van der Waals surface area (Å²) in [6, 6.07) is 2.29. The van der Waals surface area contributed by atoms with Crippen LogP contribution in [0.15, 0.2) is 16.9 Å². The molecule has 0 saturated heterocycles. The average Bonchev–Trinajstić information content (AvgIpc) is 3.14. The summed E-state index contributed by atoms with van der Waals surface area (Å²) in [5.41, 5.74) is -1.37. The van der Waals surface area contributed by atoms with Crippen LogP contribution in [0.4, 0.5) is 25.1 Å². The van der Waals surface area contributed by atoms with E-state index in [9.17, 15) is 22.8 Å². The van der Waals surface area contributed by atoms with Crippen LogP contribution in [0.3, 0.4) is 0 Å². The van der Waals surface area contributed by atoms with Crippen molar-refractivity contribution in [1.82, 2.24) is 29.3 Å². The summed E-state index contributed by atoms with van der Waals surface area (Å²) in [4.78, 5) is 35.7. The number of nitrogens with one attached hydrogen (secondary N) is 2. The zero-order valence-corrected chi connectivity index (χ0v) is 24.5. The highest BCUT2D eigenvalue weighted by molar-refractivity contribution is 6.32. The van der Waals surface area contributed by atoms with E-state index in [1.807, 2.05) is 20.8 Å². The Kier molecular flexibility index (Phi) is 12.5. The number of carbonyl (C=O) groups excluding carboxylic acids is 1. The molecule has 0 amide bonds. The number of rotatable bonds is 10. The molecule has 2 heterocycles. The lowest BCUT2D eigenvalue weighted by Crippen LogP contribution is -2.25. The molecule has 0 spiro atoms. The Balaban J connectivity index is 0.000000337. The number of hydrogen-bond acceptors (Lipinski definition) is 9. The summed E-state index contributed by atoms with van der Waals surface area (Å²) in [7, 11) is 0. The molecule has 0 aliphatic rings. The molecule has 3 aromatic rings. The second kappa shape index (κ2) is 15.1. The van der Waals surface area contributed by atoms with Gasteiger partial charge in [0, 0.05) is 24.0 Å². The van der Waals surface area contributed by atoms with Crippen molar-refractivity contribution >= 4 is 52.7 Å². The first kappa shape index (κ1) is 33.1. The summed E-state index contributed by atoms with van der Waals surface area (Å²) in [5, 5.41) is 8.75. The lowest BCUT2D eigenvalue weighted by molar-refractivity contribution is -0.142. The van der Waals surface area contributed by atoms with E-state index in [-0.39, 0.29) is 51.0 Å². The number of ether oxygens (including phenoxy) is 1. The molecular formula is C23H28Cl3F3N8O3. The molecule has 1 atom stereocenters. The minimum absolute atomic E-state index is 0.0424. The van der Waals surface area contributed by atoms with Gasteiger partial charge in [0.05, 0.1) is 6.61 Å². The number of nitrogens with zero attached hydrogens (tertiary/aromatic N) is 6. The van der Waals surface area contributed by atoms with Gasteiger partial charge in [-0.15, -0.1) is 16.7 Å². The molecule has 3 rings (SSSR count). The summed E-state index contributed by atoms with van der Waals surface area (Å²) in [6.45, 7) is 6.53. The number of anilines is 2. The predicted octanol–water partition coefficient (Wildman–Crippen LogP) is 5.02. The van der Waals surface area contributed by atoms with Crippen LogP contribution in [0.5, 0.6) is 0 Å². The Hall–Kier alpha value is -3.10. The van der Waals surface area contributed by atoms with E-state index in [1.165, 1.54) is 6.92 Å². The number of hydrogen-bond donors (Lipinski definition) is 2. The number of benzene rings is 1. The summed E-state index contributed by atoms with van der Waals surface area (Å²) >= 11 is 17.6. The van der Waals surface area contributed by atoms with E-state index >= 15 is 0 Å². The van der Waals surface area contributed by atoms with Crippen LogP contribution in [0.2, 0.25) is 10.3 Å². The van der Waals surface area contributed by atoms with E-state index in [2.05, 4.69) is 30.7 Å². The maximum Gasteiger partial charge on any atom is 0.355 e. The maximum absolute atomic E-state index is 14.2. The average molecular weight is 628 g/mol. The highest BCUT2D eigenvalue weighted by Crippen LogP contribution is 2.25. The summed E-state index contributed by atoms with van der Waals surface area (Å²) in [6.07, 6.45) is -0.115. The van der Waals surface area contributed by atoms with Crippen molar-refractivity contribution in [2.45, 2.75) is 59.0 Å². The van der Waals surface area contributed by atoms with Crippen molar-refractivity contribution in [1.29, 1.82) is 0 Å². The predicted molar refractivity (Wildman–Crippen MR) is 147 cm³/mol. The van der Waals surface area contributed by atoms with Gasteiger partial charge in [0.25, 0.3) is 0 Å². The van der Waals surface area contributed by atoms with Crippen molar-refractivity contribution in [3.63, 3.8) is 0 Å². The van der Waals surface area contributed by atoms with E-state index < -0.39 is 29.4 Å². The maximum atomic E-state index is 14.2. The van der Waals surface area contributed by atoms with Crippen molar-refractivity contribution < 1.29 is 22.7 Å². The molecule has 0 bridgehead atoms. The largest absolute Gasteiger partial charge is 0.465 e. The molecule has 1 unspecified atom stereocenters. The molecule has 0 fully saturated rings. The van der Waals surface area contributed by atoms with Crippen molar-refractivity contribution in [3.05, 3.63) is 50.1 Å². The smallest absolute Gasteiger partial charge is 0.355 e. The highest BCUT2D eigenvalue weighted by atomic mass is 35.5. The van der Waals surface area contributed by atoms with Crippen molar-refractivity contribution in [2.24, 2.45) is 0 Å². The van der Waals surface area contributed by atoms with E-state index in [1.54, 1.807) is 6.92 Å². The normalized spacial score (nSPS) is 11.7. The number of halogens is 6. The first-order chi connectivity index (χ1) is 18.8. The Morgan fingerprint density at radius 2 is 1.77 bits per heavy atom. The molecule has 2 N–H and O–H groups in total. The first-order valence-electron chi connectivity index (χ1n) is 12.0. The van der Waals surface area contributed by atoms with Gasteiger partial charge in [-0.1, -0.05) is 11.6 Å². The minimum atomic E-state index is -3.12. The molecule has 0 aliphatic carbocycles. The van der Waals surface area contributed by atoms with E-state index in [4.69, 9.17) is 39.5 Å². The van der Waals surface area contributed by atoms with Gasteiger partial charge in [-0.05, 0) is 63.9 Å². The van der Waals surface area contributed by atoms with Gasteiger partial charge in [-0.25, -0.2) is 13.8 Å². The van der Waals surface area contributed by atoms with Gasteiger partial charge in [-0.3, -0.25) is 4.79 Å². The molecule has 40 heavy (non-hydrogen) atoms. The Morgan fingerprint density at radius 1 is 1.12 bits per heavy atom. The van der Waals surface area contributed by atoms with Crippen LogP contribution in [-0.4, -0.2) is 59.8 Å². The van der Waals surface area contributed by atoms with Gasteiger partial charge >= 0.3 is 18.2 Å². The molecule has 11 nitrogen and oxygen atoms in total. The molecule has 0 saturated carbocycles. The lowest BCUT2D eigenvalue weighted by atomic mass is 10.1. The monoisotopic (exact) mass is 626 g/mol. The lowest BCUT2D eigenvalue weighted by Gasteiger charge is -2.12. The minimum Gasteiger partial charge on any atom is -0.465 e. The fraction of sp³-hybridized carbons (Fsp3) is 0.478. The van der Waals surface area contributed by atoms with Crippen molar-refractivity contribution in [2.75, 3.05) is 23.8 Å². The van der Waals surface area contributed by atoms with Gasteiger partial charge in [0.1, 0.15) is 16.9 Å². The fourth-order valence-electron chi connectivity index (χ4n) is 3.18. The highest BCUT2D eigenvalue weighted by Gasteiger charge is 2.23. The first-order valence-corrected chi connectivity index (χ1v) is 13.1. The summed E-state index contributed by atoms with van der Waals surface area (Å²) < 4.78 is 45.5. The van der Waals surface area contributed by atoms with Crippen LogP contribution in [-0.2, 0) is 16.0 Å². The molecule has 1 aromatic carbocycles. The second-order valence-corrected chi connectivity index (χ2v) is 9.56. The summed E-state index contributed by atoms with van der Waals surface area (Å²) in [5.74, 6) is -0.928. The second-order valence-electron chi connectivity index (χ2n) is 8.29. The molecule has 2 aromatic heterocycles. The van der Waals surface area contributed by atoms with Crippen LogP contribution in [0.25, 0.3) is 5.69 Å². The fourth-order valence-corrected chi connectivity index (χ4v) is 3.79. The number of esters is 1. The van der Waals surface area contributed by atoms with Crippen molar-refractivity contribution in [3.8, 4) is 5.69 Å². The Bertz CT molecular complexity index is 1370. The van der Waals surface area contributed by atoms with Gasteiger partial charge in [0.2, 0.25) is 17.2 Å². The number of carbonyl (C=O) groups is 1. The number of aryl methyl sites for hydroxylation is 1. The molecule has 0 radical (unpaired) electrons. The molecule has 0 aliphatic heterocycles. The Morgan fingerprint density at radius 3 is 2.33 bits per heavy atom. The topological polar surface area (TPSA) is 129 Å². The standard InChI is InChI=1S/C15H14Cl2F3N3O3.C8H14ClN5/c1-3-26-13(24)10(17)4-8-5-12(11(18)6-9(8)16)23-15(25)22(14(19)20)7(2)21-23;1-4-10-7-12-6(9)13-8(14-7)11-5(2)3/h5-6,10,14H,3-4H2,1-2H3;5H,4H2,1-3H3,(H2,10,11,12,13,14). The third-order valence-corrected chi connectivity index (χ3v) is 5.68. The zero-order valence-electron chi connectivity index (χ0n) is 22.2. The van der Waals surface area contributed by atoms with Gasteiger partial charge in [-0.2, -0.15) is 28.4 Å². The zero-order chi connectivity index (χ0) is 30.1. The van der Waals surface area contributed by atoms with E-state index in [0.29, 0.717) is 16.6 Å². The van der Waals surface area contributed by atoms with Gasteiger partial charge < -0.3 is 15.4 Å². The third kappa shape index (κ3) is 8.96.